The number of rotatable bonds is 20. The molecule has 0 fully saturated rings. The summed E-state index contributed by atoms with van der Waals surface area (Å²) in [4.78, 5) is 12.0. The SMILES string of the molecule is CCCC[C@@H](C)[C@H](O)[C@@H](O)C[C@@H](C)C[C@@H](O)CCCC[C@H](O)C[C@H](O)[C@H](C)NC(=O)OCc1ccccc1. The fourth-order valence-electron chi connectivity index (χ4n) is 4.71. The zero-order valence-electron chi connectivity index (χ0n) is 23.8. The Morgan fingerprint density at radius 1 is 0.816 bits per heavy atom. The van der Waals surface area contributed by atoms with Crippen molar-refractivity contribution in [2.45, 2.75) is 135 Å². The fraction of sp³-hybridized carbons (Fsp3) is 0.767. The predicted molar refractivity (Wildman–Crippen MR) is 149 cm³/mol. The Morgan fingerprint density at radius 2 is 1.42 bits per heavy atom. The summed E-state index contributed by atoms with van der Waals surface area (Å²) < 4.78 is 5.17. The number of benzene rings is 1. The highest BCUT2D eigenvalue weighted by atomic mass is 16.5. The highest BCUT2D eigenvalue weighted by Gasteiger charge is 2.25. The van der Waals surface area contributed by atoms with Gasteiger partial charge in [-0.1, -0.05) is 76.8 Å². The topological polar surface area (TPSA) is 139 Å². The van der Waals surface area contributed by atoms with Crippen LogP contribution in [0.25, 0.3) is 0 Å². The largest absolute Gasteiger partial charge is 0.445 e. The lowest BCUT2D eigenvalue weighted by Crippen LogP contribution is -2.42. The number of hydrogen-bond donors (Lipinski definition) is 6. The molecular weight excluding hydrogens is 486 g/mol. The summed E-state index contributed by atoms with van der Waals surface area (Å²) in [6.45, 7) is 7.86. The third-order valence-electron chi connectivity index (χ3n) is 7.28. The number of unbranched alkanes of at least 4 members (excludes halogenated alkanes) is 2. The molecule has 0 saturated carbocycles. The van der Waals surface area contributed by atoms with Crippen molar-refractivity contribution >= 4 is 6.09 Å². The Kier molecular flexibility index (Phi) is 17.5. The molecule has 38 heavy (non-hydrogen) atoms. The van der Waals surface area contributed by atoms with Gasteiger partial charge in [-0.05, 0) is 56.4 Å². The van der Waals surface area contributed by atoms with E-state index in [1.165, 1.54) is 0 Å². The molecule has 8 atom stereocenters. The molecule has 1 aromatic carbocycles. The number of carbonyl (C=O) groups excluding carboxylic acids is 1. The average molecular weight is 540 g/mol. The molecule has 0 spiro atoms. The minimum Gasteiger partial charge on any atom is -0.445 e. The van der Waals surface area contributed by atoms with Crippen LogP contribution < -0.4 is 5.32 Å². The zero-order chi connectivity index (χ0) is 28.5. The third-order valence-corrected chi connectivity index (χ3v) is 7.28. The Balaban J connectivity index is 2.19. The molecule has 1 aromatic rings. The van der Waals surface area contributed by atoms with Gasteiger partial charge in [0.25, 0.3) is 0 Å². The van der Waals surface area contributed by atoms with E-state index >= 15 is 0 Å². The first-order valence-electron chi connectivity index (χ1n) is 14.4. The van der Waals surface area contributed by atoms with Crippen LogP contribution in [0.5, 0.6) is 0 Å². The third kappa shape index (κ3) is 15.0. The van der Waals surface area contributed by atoms with Crippen LogP contribution in [0, 0.1) is 11.8 Å². The van der Waals surface area contributed by atoms with Gasteiger partial charge in [-0.3, -0.25) is 0 Å². The minimum absolute atomic E-state index is 0.0549. The number of aliphatic hydroxyl groups excluding tert-OH is 5. The van der Waals surface area contributed by atoms with Gasteiger partial charge in [0.1, 0.15) is 6.61 Å². The second-order valence-corrected chi connectivity index (χ2v) is 11.1. The van der Waals surface area contributed by atoms with Crippen molar-refractivity contribution in [2.75, 3.05) is 0 Å². The summed E-state index contributed by atoms with van der Waals surface area (Å²) in [7, 11) is 0. The first kappa shape index (κ1) is 34.3. The van der Waals surface area contributed by atoms with E-state index in [-0.39, 0.29) is 24.9 Å². The summed E-state index contributed by atoms with van der Waals surface area (Å²) >= 11 is 0. The first-order valence-corrected chi connectivity index (χ1v) is 14.4. The molecule has 0 saturated heterocycles. The second kappa shape index (κ2) is 19.4. The standard InChI is InChI=1S/C30H53NO7/c1-5-6-12-22(3)29(36)28(35)18-21(2)17-25(32)15-10-11-16-26(33)19-27(34)23(4)31-30(37)38-20-24-13-8-7-9-14-24/h7-9,13-14,21-23,25-29,32-36H,5-6,10-12,15-20H2,1-4H3,(H,31,37)/t21-,22+,23-,25-,26-,27-,28-,29-/m0/s1. The Morgan fingerprint density at radius 3 is 2.03 bits per heavy atom. The summed E-state index contributed by atoms with van der Waals surface area (Å²) in [6.07, 6.45) is 2.40. The number of alkyl carbamates (subject to hydrolysis) is 1. The summed E-state index contributed by atoms with van der Waals surface area (Å²) in [5.41, 5.74) is 0.870. The second-order valence-electron chi connectivity index (χ2n) is 11.1. The molecule has 0 unspecified atom stereocenters. The summed E-state index contributed by atoms with van der Waals surface area (Å²) in [5, 5.41) is 54.3. The van der Waals surface area contributed by atoms with Crippen LogP contribution in [0.4, 0.5) is 4.79 Å². The van der Waals surface area contributed by atoms with Gasteiger partial charge in [0.15, 0.2) is 0 Å². The fourth-order valence-corrected chi connectivity index (χ4v) is 4.71. The van der Waals surface area contributed by atoms with Gasteiger partial charge in [-0.15, -0.1) is 0 Å². The molecule has 0 aliphatic heterocycles. The maximum atomic E-state index is 12.0. The lowest BCUT2D eigenvalue weighted by Gasteiger charge is -2.26. The van der Waals surface area contributed by atoms with E-state index in [4.69, 9.17) is 4.74 Å². The van der Waals surface area contributed by atoms with Crippen molar-refractivity contribution in [1.82, 2.24) is 5.32 Å². The van der Waals surface area contributed by atoms with Crippen molar-refractivity contribution in [2.24, 2.45) is 11.8 Å². The van der Waals surface area contributed by atoms with Crippen LogP contribution >= 0.6 is 0 Å². The van der Waals surface area contributed by atoms with Crippen LogP contribution in [-0.4, -0.2) is 68.2 Å². The van der Waals surface area contributed by atoms with E-state index in [9.17, 15) is 30.3 Å². The lowest BCUT2D eigenvalue weighted by atomic mass is 9.88. The van der Waals surface area contributed by atoms with E-state index in [0.717, 1.165) is 31.2 Å². The molecule has 8 nitrogen and oxygen atoms in total. The van der Waals surface area contributed by atoms with E-state index in [1.54, 1.807) is 6.92 Å². The van der Waals surface area contributed by atoms with E-state index in [1.807, 2.05) is 44.2 Å². The highest BCUT2D eigenvalue weighted by molar-refractivity contribution is 5.67. The molecule has 0 bridgehead atoms. The summed E-state index contributed by atoms with van der Waals surface area (Å²) in [5.74, 6) is 0.140. The van der Waals surface area contributed by atoms with Gasteiger partial charge in [-0.2, -0.15) is 0 Å². The van der Waals surface area contributed by atoms with Crippen molar-refractivity contribution in [3.05, 3.63) is 35.9 Å². The molecule has 0 heterocycles. The molecular formula is C30H53NO7. The number of aliphatic hydroxyl groups is 5. The van der Waals surface area contributed by atoms with Gasteiger partial charge < -0.3 is 35.6 Å². The average Bonchev–Trinajstić information content (AvgIpc) is 2.88. The zero-order valence-corrected chi connectivity index (χ0v) is 23.8. The van der Waals surface area contributed by atoms with Crippen molar-refractivity contribution in [3.8, 4) is 0 Å². The molecule has 1 rings (SSSR count). The number of carbonyl (C=O) groups is 1. The first-order chi connectivity index (χ1) is 18.0. The number of amides is 1. The van der Waals surface area contributed by atoms with Gasteiger partial charge >= 0.3 is 6.09 Å². The van der Waals surface area contributed by atoms with E-state index in [0.29, 0.717) is 32.1 Å². The molecule has 8 heteroatoms. The number of ether oxygens (including phenoxy) is 1. The molecule has 1 amide bonds. The van der Waals surface area contributed by atoms with Crippen LogP contribution in [0.1, 0.15) is 97.5 Å². The lowest BCUT2D eigenvalue weighted by molar-refractivity contribution is -0.0288. The van der Waals surface area contributed by atoms with Crippen molar-refractivity contribution < 1.29 is 35.1 Å². The Hall–Kier alpha value is -1.71. The molecule has 0 aliphatic rings. The smallest absolute Gasteiger partial charge is 0.407 e. The van der Waals surface area contributed by atoms with E-state index in [2.05, 4.69) is 12.2 Å². The van der Waals surface area contributed by atoms with Gasteiger partial charge in [0, 0.05) is 6.42 Å². The van der Waals surface area contributed by atoms with Crippen molar-refractivity contribution in [1.29, 1.82) is 0 Å². The molecule has 0 aromatic heterocycles. The molecule has 0 radical (unpaired) electrons. The highest BCUT2D eigenvalue weighted by Crippen LogP contribution is 2.23. The van der Waals surface area contributed by atoms with Crippen LogP contribution in [0.3, 0.4) is 0 Å². The van der Waals surface area contributed by atoms with Crippen LogP contribution in [0.2, 0.25) is 0 Å². The van der Waals surface area contributed by atoms with Crippen molar-refractivity contribution in [3.63, 3.8) is 0 Å². The monoisotopic (exact) mass is 539 g/mol. The minimum atomic E-state index is -0.910. The molecule has 6 N–H and O–H groups in total. The Labute approximate surface area is 229 Å². The normalized spacial score (nSPS) is 18.0. The maximum Gasteiger partial charge on any atom is 0.407 e. The Bertz CT molecular complexity index is 735. The van der Waals surface area contributed by atoms with Gasteiger partial charge in [0.05, 0.1) is 36.6 Å². The number of nitrogens with one attached hydrogen (secondary N) is 1. The van der Waals surface area contributed by atoms with Gasteiger partial charge in [0.2, 0.25) is 0 Å². The predicted octanol–water partition coefficient (Wildman–Crippen LogP) is 4.30. The van der Waals surface area contributed by atoms with E-state index < -0.39 is 42.7 Å². The van der Waals surface area contributed by atoms with Crippen LogP contribution in [0.15, 0.2) is 30.3 Å². The quantitative estimate of drug-likeness (QED) is 0.136. The van der Waals surface area contributed by atoms with Gasteiger partial charge in [-0.25, -0.2) is 4.79 Å². The molecule has 0 aliphatic carbocycles. The number of hydrogen-bond acceptors (Lipinski definition) is 7. The van der Waals surface area contributed by atoms with Crippen LogP contribution in [-0.2, 0) is 11.3 Å². The summed E-state index contributed by atoms with van der Waals surface area (Å²) in [6, 6.07) is 8.75. The maximum absolute atomic E-state index is 12.0. The molecule has 220 valence electrons.